The van der Waals surface area contributed by atoms with Crippen LogP contribution in [-0.4, -0.2) is 52.4 Å². The minimum atomic E-state index is 0.225. The third-order valence-electron chi connectivity index (χ3n) is 6.89. The predicted octanol–water partition coefficient (Wildman–Crippen LogP) is 4.55. The molecule has 35 heavy (non-hydrogen) atoms. The smallest absolute Gasteiger partial charge is 0.208 e. The Bertz CT molecular complexity index is 1330. The van der Waals surface area contributed by atoms with Crippen LogP contribution in [0.2, 0.25) is 0 Å². The predicted molar refractivity (Wildman–Crippen MR) is 140 cm³/mol. The molecular weight excluding hydrogens is 438 g/mol. The molecule has 0 radical (unpaired) electrons. The van der Waals surface area contributed by atoms with E-state index in [1.807, 2.05) is 0 Å². The molecule has 1 saturated heterocycles. The molecule has 0 atom stereocenters. The Hall–Kier alpha value is -3.65. The molecule has 1 fully saturated rings. The molecule has 2 aliphatic heterocycles. The number of nitrogens with one attached hydrogen (secondary N) is 1. The van der Waals surface area contributed by atoms with Gasteiger partial charge >= 0.3 is 0 Å². The molecule has 1 N–H and O–H groups in total. The van der Waals surface area contributed by atoms with Crippen molar-refractivity contribution >= 4 is 34.3 Å². The Kier molecular flexibility index (Phi) is 5.74. The van der Waals surface area contributed by atoms with Gasteiger partial charge in [-0.05, 0) is 55.7 Å². The zero-order valence-electron chi connectivity index (χ0n) is 20.3. The van der Waals surface area contributed by atoms with Gasteiger partial charge in [0.25, 0.3) is 0 Å². The van der Waals surface area contributed by atoms with Crippen molar-refractivity contribution in [3.05, 3.63) is 66.0 Å². The van der Waals surface area contributed by atoms with Crippen LogP contribution >= 0.6 is 0 Å². The van der Waals surface area contributed by atoms with Crippen molar-refractivity contribution in [3.8, 4) is 0 Å². The Balaban J connectivity index is 1.31. The number of hydrogen-bond donors (Lipinski definition) is 1. The van der Waals surface area contributed by atoms with Gasteiger partial charge in [0.1, 0.15) is 6.33 Å². The van der Waals surface area contributed by atoms with Crippen LogP contribution in [0.3, 0.4) is 0 Å². The molecule has 4 heterocycles. The van der Waals surface area contributed by atoms with Crippen molar-refractivity contribution in [1.29, 1.82) is 0 Å². The SMILES string of the molecule is CC(C)n1c(N2CCc3ccccc3C2)nc2c(Nc3ccc(N4CCOCC4)cc3)ncnc21. The summed E-state index contributed by atoms with van der Waals surface area (Å²) in [5.74, 6) is 1.68. The fraction of sp³-hybridized carbons (Fsp3) is 0.370. The summed E-state index contributed by atoms with van der Waals surface area (Å²) in [7, 11) is 0. The van der Waals surface area contributed by atoms with E-state index in [-0.39, 0.29) is 6.04 Å². The van der Waals surface area contributed by atoms with E-state index >= 15 is 0 Å². The second kappa shape index (κ2) is 9.19. The maximum atomic E-state index is 5.47. The molecule has 0 saturated carbocycles. The highest BCUT2D eigenvalue weighted by molar-refractivity contribution is 5.87. The second-order valence-corrected chi connectivity index (χ2v) is 9.48. The van der Waals surface area contributed by atoms with E-state index in [4.69, 9.17) is 9.72 Å². The normalized spacial score (nSPS) is 16.1. The van der Waals surface area contributed by atoms with Gasteiger partial charge in [0.05, 0.1) is 13.2 Å². The highest BCUT2D eigenvalue weighted by Gasteiger charge is 2.25. The average molecular weight is 470 g/mol. The third kappa shape index (κ3) is 4.18. The van der Waals surface area contributed by atoms with Gasteiger partial charge in [0.15, 0.2) is 17.0 Å². The van der Waals surface area contributed by atoms with E-state index in [1.165, 1.54) is 16.8 Å². The van der Waals surface area contributed by atoms with Crippen molar-refractivity contribution in [2.24, 2.45) is 0 Å². The van der Waals surface area contributed by atoms with E-state index in [9.17, 15) is 0 Å². The minimum Gasteiger partial charge on any atom is -0.378 e. The Morgan fingerprint density at radius 1 is 0.886 bits per heavy atom. The monoisotopic (exact) mass is 469 g/mol. The van der Waals surface area contributed by atoms with Crippen LogP contribution < -0.4 is 15.1 Å². The fourth-order valence-corrected chi connectivity index (χ4v) is 5.07. The van der Waals surface area contributed by atoms with Crippen LogP contribution in [0.1, 0.15) is 31.0 Å². The topological polar surface area (TPSA) is 71.3 Å². The molecule has 0 bridgehead atoms. The number of ether oxygens (including phenoxy) is 1. The molecule has 0 unspecified atom stereocenters. The lowest BCUT2D eigenvalue weighted by Crippen LogP contribution is -2.36. The first-order valence-corrected chi connectivity index (χ1v) is 12.4. The number of nitrogens with zero attached hydrogens (tertiary/aromatic N) is 6. The van der Waals surface area contributed by atoms with Gasteiger partial charge in [0.2, 0.25) is 5.95 Å². The summed E-state index contributed by atoms with van der Waals surface area (Å²) in [6.07, 6.45) is 2.65. The number of aromatic nitrogens is 4. The molecule has 0 amide bonds. The standard InChI is InChI=1S/C27H31N7O/c1-19(2)34-26-24(31-27(34)33-12-11-20-5-3-4-6-21(20)17-33)25(28-18-29-26)30-22-7-9-23(10-8-22)32-13-15-35-16-14-32/h3-10,18-19H,11-17H2,1-2H3,(H,28,29,30). The summed E-state index contributed by atoms with van der Waals surface area (Å²) in [6.45, 7) is 9.57. The Labute approximate surface area is 205 Å². The number of anilines is 4. The van der Waals surface area contributed by atoms with E-state index in [1.54, 1.807) is 6.33 Å². The van der Waals surface area contributed by atoms with Crippen LogP contribution in [0.4, 0.5) is 23.1 Å². The number of rotatable bonds is 5. The molecule has 0 aliphatic carbocycles. The maximum Gasteiger partial charge on any atom is 0.208 e. The van der Waals surface area contributed by atoms with Crippen LogP contribution in [0.15, 0.2) is 54.9 Å². The highest BCUT2D eigenvalue weighted by Crippen LogP contribution is 2.32. The molecule has 2 aromatic carbocycles. The van der Waals surface area contributed by atoms with E-state index in [2.05, 4.69) is 92.0 Å². The Morgan fingerprint density at radius 3 is 2.43 bits per heavy atom. The molecule has 4 aromatic rings. The van der Waals surface area contributed by atoms with Gasteiger partial charge in [-0.25, -0.2) is 15.0 Å². The molecule has 2 aliphatic rings. The third-order valence-corrected chi connectivity index (χ3v) is 6.89. The lowest BCUT2D eigenvalue weighted by atomic mass is 10.0. The Morgan fingerprint density at radius 2 is 1.66 bits per heavy atom. The van der Waals surface area contributed by atoms with Crippen LogP contribution in [0, 0.1) is 0 Å². The largest absolute Gasteiger partial charge is 0.378 e. The summed E-state index contributed by atoms with van der Waals surface area (Å²) >= 11 is 0. The van der Waals surface area contributed by atoms with Crippen molar-refractivity contribution in [2.75, 3.05) is 48.0 Å². The lowest BCUT2D eigenvalue weighted by Gasteiger charge is -2.30. The second-order valence-electron chi connectivity index (χ2n) is 9.48. The van der Waals surface area contributed by atoms with E-state index in [0.29, 0.717) is 0 Å². The van der Waals surface area contributed by atoms with Crippen molar-refractivity contribution in [1.82, 2.24) is 19.5 Å². The first-order chi connectivity index (χ1) is 17.2. The molecular formula is C27H31N7O. The molecule has 180 valence electrons. The van der Waals surface area contributed by atoms with E-state index in [0.717, 1.165) is 74.4 Å². The van der Waals surface area contributed by atoms with Gasteiger partial charge in [-0.3, -0.25) is 4.57 Å². The number of imidazole rings is 1. The lowest BCUT2D eigenvalue weighted by molar-refractivity contribution is 0.122. The zero-order chi connectivity index (χ0) is 23.8. The molecule has 8 heteroatoms. The van der Waals surface area contributed by atoms with Gasteiger partial charge in [0, 0.05) is 43.6 Å². The fourth-order valence-electron chi connectivity index (χ4n) is 5.07. The van der Waals surface area contributed by atoms with Crippen LogP contribution in [0.5, 0.6) is 0 Å². The summed E-state index contributed by atoms with van der Waals surface area (Å²) in [5.41, 5.74) is 6.64. The minimum absolute atomic E-state index is 0.225. The van der Waals surface area contributed by atoms with E-state index < -0.39 is 0 Å². The quantitative estimate of drug-likeness (QED) is 0.460. The van der Waals surface area contributed by atoms with Crippen molar-refractivity contribution in [3.63, 3.8) is 0 Å². The first kappa shape index (κ1) is 21.9. The number of morpholine rings is 1. The maximum absolute atomic E-state index is 5.47. The van der Waals surface area contributed by atoms with Gasteiger partial charge in [-0.2, -0.15) is 0 Å². The highest BCUT2D eigenvalue weighted by atomic mass is 16.5. The molecule has 2 aromatic heterocycles. The van der Waals surface area contributed by atoms with Crippen LogP contribution in [-0.2, 0) is 17.7 Å². The average Bonchev–Trinajstić information content (AvgIpc) is 3.30. The summed E-state index contributed by atoms with van der Waals surface area (Å²) in [6, 6.07) is 17.4. The summed E-state index contributed by atoms with van der Waals surface area (Å²) in [5, 5.41) is 3.49. The number of fused-ring (bicyclic) bond motifs is 2. The van der Waals surface area contributed by atoms with Gasteiger partial charge in [-0.15, -0.1) is 0 Å². The number of hydrogen-bond acceptors (Lipinski definition) is 7. The van der Waals surface area contributed by atoms with Crippen LogP contribution in [0.25, 0.3) is 11.2 Å². The van der Waals surface area contributed by atoms with Gasteiger partial charge < -0.3 is 19.9 Å². The first-order valence-electron chi connectivity index (χ1n) is 12.4. The summed E-state index contributed by atoms with van der Waals surface area (Å²) in [4.78, 5) is 19.0. The summed E-state index contributed by atoms with van der Waals surface area (Å²) < 4.78 is 7.71. The molecule has 0 spiro atoms. The van der Waals surface area contributed by atoms with Crippen molar-refractivity contribution < 1.29 is 4.74 Å². The van der Waals surface area contributed by atoms with Crippen molar-refractivity contribution in [2.45, 2.75) is 32.9 Å². The van der Waals surface area contributed by atoms with Gasteiger partial charge in [-0.1, -0.05) is 24.3 Å². The number of benzene rings is 2. The molecule has 6 rings (SSSR count). The zero-order valence-corrected chi connectivity index (χ0v) is 20.3. The molecule has 8 nitrogen and oxygen atoms in total.